The van der Waals surface area contributed by atoms with Crippen molar-refractivity contribution in [1.29, 1.82) is 0 Å². The van der Waals surface area contributed by atoms with Crippen LogP contribution in [0.2, 0.25) is 0 Å². The number of ketones is 2. The van der Waals surface area contributed by atoms with Crippen LogP contribution in [0.1, 0.15) is 107 Å². The third-order valence-corrected chi connectivity index (χ3v) is 13.9. The monoisotopic (exact) mass is 1170 g/mol. The van der Waals surface area contributed by atoms with Crippen molar-refractivity contribution in [3.05, 3.63) is 183 Å². The minimum atomic E-state index is -1.14. The van der Waals surface area contributed by atoms with Gasteiger partial charge in [0.2, 0.25) is 25.6 Å². The molecule has 4 aliphatic rings. The highest BCUT2D eigenvalue weighted by atomic mass is 79.9. The number of benzene rings is 5. The van der Waals surface area contributed by atoms with E-state index in [-0.39, 0.29) is 28.7 Å². The summed E-state index contributed by atoms with van der Waals surface area (Å²) in [6.07, 6.45) is 6.61. The number of alkyl halides is 2. The van der Waals surface area contributed by atoms with E-state index >= 15 is 0 Å². The average Bonchev–Trinajstić information content (AvgIpc) is 4.32. The predicted molar refractivity (Wildman–Crippen MR) is 266 cm³/mol. The molecule has 5 aromatic carbocycles. The standard InChI is InChI=1S/C11H11F2NO2.C11H9F2NO2.C11H11F2NO.C11H9F2NO.C10H8BrClF2O/c2*12-7-1-2-8(9(13)5-7)10(16)11(3-4-11)14-6-15;2*12-7-1-2-8(10(13)5-7)9-3-4-11(9)14-6-15;11-8(3-4-12)10(15)7-2-1-6(13)5-9(7)14/h1-2,5-6,10,16H,3-4H2,(H,14,15);1-2,5-6H,3-4H2,(H,14,15);1-2,5-6,9,11H,3-4H2,(H,14,15);1-2,5-6H,3-4H2,(H,14,15);1-2,5,8H,3-4H2/t;;9-,11-;;/m..0../s1. The minimum absolute atomic E-state index is 0.00764. The lowest BCUT2D eigenvalue weighted by molar-refractivity contribution is -0.111. The summed E-state index contributed by atoms with van der Waals surface area (Å²) in [6.45, 7) is 0. The van der Waals surface area contributed by atoms with E-state index in [2.05, 4.69) is 37.2 Å². The van der Waals surface area contributed by atoms with Crippen LogP contribution in [0.15, 0.2) is 96.7 Å². The fourth-order valence-electron chi connectivity index (χ4n) is 8.06. The van der Waals surface area contributed by atoms with Gasteiger partial charge in [0.15, 0.2) is 11.6 Å². The summed E-state index contributed by atoms with van der Waals surface area (Å²) in [4.78, 5) is 64.1. The van der Waals surface area contributed by atoms with Crippen molar-refractivity contribution in [3.8, 4) is 0 Å². The highest BCUT2D eigenvalue weighted by molar-refractivity contribution is 9.10. The second-order valence-corrected chi connectivity index (χ2v) is 19.3. The summed E-state index contributed by atoms with van der Waals surface area (Å²) in [6, 6.07) is 15.7. The normalized spacial score (nSPS) is 17.5. The Hall–Kier alpha value is -6.91. The Balaban J connectivity index is 0.000000178. The molecule has 23 heteroatoms. The van der Waals surface area contributed by atoms with E-state index < -0.39 is 91.7 Å². The molecule has 0 bridgehead atoms. The molecule has 0 aliphatic heterocycles. The molecule has 0 heterocycles. The third-order valence-electron chi connectivity index (χ3n) is 12.9. The number of aliphatic hydroxyl groups excluding tert-OH is 1. The number of Topliss-reactive ketones (excluding diaryl/α,β-unsaturated/α-hetero) is 2. The lowest BCUT2D eigenvalue weighted by atomic mass is 9.75. The molecule has 2 unspecified atom stereocenters. The van der Waals surface area contributed by atoms with Crippen LogP contribution in [0.25, 0.3) is 5.57 Å². The molecular formula is C54H48BrClF10N4O7. The Morgan fingerprint density at radius 1 is 0.623 bits per heavy atom. The largest absolute Gasteiger partial charge is 0.386 e. The SMILES string of the molecule is O=C(c1ccc(F)cc1F)C(Br)CCCl.O=CNC1(C(=O)c2ccc(F)cc2F)CC1.O=CNC1(C(O)c2ccc(F)cc2F)CC1.O=CNC1=C(c2ccc(F)cc2F)CC1.O=CN[C@H]1CC[C@H]1c1ccc(F)cc1F. The van der Waals surface area contributed by atoms with Gasteiger partial charge < -0.3 is 26.4 Å². The molecule has 9 rings (SSSR count). The van der Waals surface area contributed by atoms with E-state index in [0.717, 1.165) is 79.1 Å². The lowest BCUT2D eigenvalue weighted by Crippen LogP contribution is -2.41. The van der Waals surface area contributed by atoms with Gasteiger partial charge in [-0.1, -0.05) is 28.1 Å². The number of hydrogen-bond donors (Lipinski definition) is 5. The Morgan fingerprint density at radius 2 is 1.16 bits per heavy atom. The van der Waals surface area contributed by atoms with Gasteiger partial charge in [-0.05, 0) is 117 Å². The van der Waals surface area contributed by atoms with Crippen molar-refractivity contribution in [2.75, 3.05) is 5.88 Å². The molecule has 5 N–H and O–H groups in total. The Morgan fingerprint density at radius 3 is 1.60 bits per heavy atom. The minimum Gasteiger partial charge on any atom is -0.386 e. The molecule has 4 atom stereocenters. The summed E-state index contributed by atoms with van der Waals surface area (Å²) in [5.74, 6) is -7.61. The lowest BCUT2D eigenvalue weighted by Gasteiger charge is -2.36. The Labute approximate surface area is 448 Å². The smallest absolute Gasteiger partial charge is 0.211 e. The van der Waals surface area contributed by atoms with Crippen molar-refractivity contribution in [2.45, 2.75) is 91.8 Å². The maximum atomic E-state index is 13.4. The van der Waals surface area contributed by atoms with E-state index in [9.17, 15) is 77.8 Å². The number of halogens is 12. The van der Waals surface area contributed by atoms with Crippen LogP contribution in [0.4, 0.5) is 43.9 Å². The zero-order chi connectivity index (χ0) is 56.6. The first kappa shape index (κ1) is 60.9. The first-order valence-electron chi connectivity index (χ1n) is 23.5. The molecule has 77 heavy (non-hydrogen) atoms. The molecule has 0 spiro atoms. The predicted octanol–water partition coefficient (Wildman–Crippen LogP) is 10.4. The zero-order valence-electron chi connectivity index (χ0n) is 40.3. The van der Waals surface area contributed by atoms with Gasteiger partial charge in [-0.15, -0.1) is 11.6 Å². The summed E-state index contributed by atoms with van der Waals surface area (Å²) in [5.41, 5.74) is 0.273. The van der Waals surface area contributed by atoms with E-state index in [0.29, 0.717) is 93.3 Å². The fourth-order valence-corrected chi connectivity index (χ4v) is 9.02. The number of nitrogens with one attached hydrogen (secondary N) is 4. The second-order valence-electron chi connectivity index (χ2n) is 17.8. The Kier molecular flexibility index (Phi) is 22.1. The van der Waals surface area contributed by atoms with E-state index in [4.69, 9.17) is 11.6 Å². The first-order chi connectivity index (χ1) is 36.7. The number of carbonyl (C=O) groups is 6. The van der Waals surface area contributed by atoms with Gasteiger partial charge in [0.25, 0.3) is 0 Å². The molecule has 5 aromatic rings. The zero-order valence-corrected chi connectivity index (χ0v) is 42.6. The fraction of sp³-hybridized carbons (Fsp3) is 0.296. The summed E-state index contributed by atoms with van der Waals surface area (Å²) in [5, 5.41) is 19.9. The number of amides is 4. The van der Waals surface area contributed by atoms with Crippen LogP contribution in [0.3, 0.4) is 0 Å². The van der Waals surface area contributed by atoms with Crippen LogP contribution in [-0.4, -0.2) is 70.1 Å². The van der Waals surface area contributed by atoms with E-state index in [1.807, 2.05) is 0 Å². The Bertz CT molecular complexity index is 2980. The number of carbonyl (C=O) groups excluding carboxylic acids is 6. The van der Waals surface area contributed by atoms with Crippen LogP contribution in [0.5, 0.6) is 0 Å². The maximum absolute atomic E-state index is 13.4. The summed E-state index contributed by atoms with van der Waals surface area (Å²) in [7, 11) is 0. The van der Waals surface area contributed by atoms with Crippen LogP contribution in [-0.2, 0) is 19.2 Å². The topological polar surface area (TPSA) is 171 Å². The number of aliphatic hydroxyl groups is 1. The van der Waals surface area contributed by atoms with Crippen LogP contribution < -0.4 is 21.3 Å². The average molecular weight is 1170 g/mol. The van der Waals surface area contributed by atoms with Crippen LogP contribution >= 0.6 is 27.5 Å². The van der Waals surface area contributed by atoms with Gasteiger partial charge in [-0.3, -0.25) is 28.8 Å². The molecule has 3 saturated carbocycles. The van der Waals surface area contributed by atoms with Gasteiger partial charge in [0, 0.05) is 65.0 Å². The highest BCUT2D eigenvalue weighted by Crippen LogP contribution is 2.46. The maximum Gasteiger partial charge on any atom is 0.211 e. The van der Waals surface area contributed by atoms with Gasteiger partial charge in [0.1, 0.15) is 69.8 Å². The molecule has 4 aliphatic carbocycles. The highest BCUT2D eigenvalue weighted by Gasteiger charge is 2.51. The second kappa shape index (κ2) is 27.9. The van der Waals surface area contributed by atoms with Gasteiger partial charge in [-0.25, -0.2) is 43.9 Å². The van der Waals surface area contributed by atoms with Crippen molar-refractivity contribution in [1.82, 2.24) is 21.3 Å². The van der Waals surface area contributed by atoms with Crippen molar-refractivity contribution in [3.63, 3.8) is 0 Å². The molecule has 0 saturated heterocycles. The molecular weight excluding hydrogens is 1120 g/mol. The van der Waals surface area contributed by atoms with Gasteiger partial charge in [0.05, 0.1) is 21.5 Å². The van der Waals surface area contributed by atoms with Crippen LogP contribution in [0, 0.1) is 58.2 Å². The number of allylic oxidation sites excluding steroid dienone is 2. The quantitative estimate of drug-likeness (QED) is 0.0252. The molecule has 0 aromatic heterocycles. The number of hydrogen-bond acceptors (Lipinski definition) is 7. The molecule has 11 nitrogen and oxygen atoms in total. The van der Waals surface area contributed by atoms with Crippen molar-refractivity contribution < 1.29 is 77.8 Å². The van der Waals surface area contributed by atoms with Crippen molar-refractivity contribution in [2.24, 2.45) is 0 Å². The molecule has 3 fully saturated rings. The summed E-state index contributed by atoms with van der Waals surface area (Å²) < 4.78 is 130. The van der Waals surface area contributed by atoms with Gasteiger partial charge >= 0.3 is 0 Å². The summed E-state index contributed by atoms with van der Waals surface area (Å²) >= 11 is 8.56. The van der Waals surface area contributed by atoms with Gasteiger partial charge in [-0.2, -0.15) is 0 Å². The van der Waals surface area contributed by atoms with Crippen molar-refractivity contribution >= 4 is 70.3 Å². The first-order valence-corrected chi connectivity index (χ1v) is 24.9. The molecule has 410 valence electrons. The number of rotatable bonds is 18. The third kappa shape index (κ3) is 16.1. The van der Waals surface area contributed by atoms with E-state index in [1.165, 1.54) is 30.3 Å². The molecule has 0 radical (unpaired) electrons. The molecule has 4 amide bonds. The van der Waals surface area contributed by atoms with E-state index in [1.54, 1.807) is 0 Å².